The van der Waals surface area contributed by atoms with E-state index in [0.29, 0.717) is 19.8 Å². The quantitative estimate of drug-likeness (QED) is 0.379. The summed E-state index contributed by atoms with van der Waals surface area (Å²) >= 11 is 0. The number of epoxide rings is 1. The Morgan fingerprint density at radius 2 is 1.78 bits per heavy atom. The summed E-state index contributed by atoms with van der Waals surface area (Å²) in [7, 11) is 1.63. The molecule has 1 atom stereocenters. The van der Waals surface area contributed by atoms with Crippen molar-refractivity contribution >= 4 is 0 Å². The molecule has 1 aliphatic rings. The van der Waals surface area contributed by atoms with Gasteiger partial charge in [0.15, 0.2) is 6.79 Å². The highest BCUT2D eigenvalue weighted by Crippen LogP contribution is 2.19. The minimum Gasteiger partial charge on any atom is -0.491 e. The lowest BCUT2D eigenvalue weighted by molar-refractivity contribution is -0.00849. The molecule has 0 aliphatic carbocycles. The first-order valence-electron chi connectivity index (χ1n) is 5.92. The fraction of sp³-hybridized carbons (Fsp3) is 0.538. The Hall–Kier alpha value is -1.30. The Labute approximate surface area is 107 Å². The molecule has 0 amide bonds. The molecule has 0 spiro atoms. The van der Waals surface area contributed by atoms with Crippen molar-refractivity contribution in [3.8, 4) is 11.5 Å². The maximum Gasteiger partial charge on any atom is 0.189 e. The van der Waals surface area contributed by atoms with E-state index in [1.165, 1.54) is 0 Å². The molecule has 0 N–H and O–H groups in total. The summed E-state index contributed by atoms with van der Waals surface area (Å²) in [6.07, 6.45) is 0.273. The van der Waals surface area contributed by atoms with Gasteiger partial charge in [-0.25, -0.2) is 0 Å². The van der Waals surface area contributed by atoms with Crippen LogP contribution in [0.2, 0.25) is 0 Å². The molecule has 1 aromatic rings. The summed E-state index contributed by atoms with van der Waals surface area (Å²) in [6, 6.07) is 7.44. The van der Waals surface area contributed by atoms with Gasteiger partial charge in [0.1, 0.15) is 24.2 Å². The number of ether oxygens (including phenoxy) is 5. The van der Waals surface area contributed by atoms with E-state index in [0.717, 1.165) is 18.1 Å². The average molecular weight is 254 g/mol. The predicted molar refractivity (Wildman–Crippen MR) is 65.0 cm³/mol. The number of hydrogen-bond donors (Lipinski definition) is 0. The van der Waals surface area contributed by atoms with Gasteiger partial charge in [0.05, 0.1) is 19.8 Å². The van der Waals surface area contributed by atoms with Gasteiger partial charge in [-0.1, -0.05) is 0 Å². The van der Waals surface area contributed by atoms with Crippen molar-refractivity contribution in [1.82, 2.24) is 0 Å². The van der Waals surface area contributed by atoms with Crippen molar-refractivity contribution < 1.29 is 23.7 Å². The molecular formula is C13H18O5. The summed E-state index contributed by atoms with van der Waals surface area (Å²) in [4.78, 5) is 0. The molecule has 2 rings (SSSR count). The summed E-state index contributed by atoms with van der Waals surface area (Å²) in [6.45, 7) is 2.73. The van der Waals surface area contributed by atoms with E-state index >= 15 is 0 Å². The number of hydrogen-bond acceptors (Lipinski definition) is 5. The average Bonchev–Trinajstić information content (AvgIpc) is 3.22. The molecular weight excluding hydrogens is 236 g/mol. The highest BCUT2D eigenvalue weighted by Gasteiger charge is 2.22. The van der Waals surface area contributed by atoms with Crippen LogP contribution < -0.4 is 9.47 Å². The first-order valence-corrected chi connectivity index (χ1v) is 5.92. The van der Waals surface area contributed by atoms with E-state index in [-0.39, 0.29) is 12.9 Å². The lowest BCUT2D eigenvalue weighted by Crippen LogP contribution is -2.07. The van der Waals surface area contributed by atoms with E-state index in [9.17, 15) is 0 Å². The van der Waals surface area contributed by atoms with Gasteiger partial charge >= 0.3 is 0 Å². The Morgan fingerprint density at radius 1 is 1.11 bits per heavy atom. The third-order valence-electron chi connectivity index (χ3n) is 2.40. The second-order valence-corrected chi connectivity index (χ2v) is 3.90. The zero-order valence-corrected chi connectivity index (χ0v) is 10.5. The molecule has 1 fully saturated rings. The third-order valence-corrected chi connectivity index (χ3v) is 2.40. The van der Waals surface area contributed by atoms with Crippen molar-refractivity contribution in [1.29, 1.82) is 0 Å². The maximum absolute atomic E-state index is 5.51. The van der Waals surface area contributed by atoms with Crippen molar-refractivity contribution in [3.05, 3.63) is 24.3 Å². The van der Waals surface area contributed by atoms with Gasteiger partial charge < -0.3 is 23.7 Å². The largest absolute Gasteiger partial charge is 0.491 e. The second-order valence-electron chi connectivity index (χ2n) is 3.90. The Balaban J connectivity index is 1.63. The van der Waals surface area contributed by atoms with Gasteiger partial charge in [-0.15, -0.1) is 0 Å². The molecule has 0 radical (unpaired) electrons. The smallest absolute Gasteiger partial charge is 0.189 e. The SMILES string of the molecule is COCCOCOc1ccc(OC[C@@H]2CO2)cc1. The van der Waals surface area contributed by atoms with Crippen molar-refractivity contribution in [2.75, 3.05) is 40.3 Å². The van der Waals surface area contributed by atoms with Crippen LogP contribution in [0.3, 0.4) is 0 Å². The topological polar surface area (TPSA) is 49.5 Å². The Bertz CT molecular complexity index is 334. The first kappa shape index (κ1) is 13.1. The zero-order chi connectivity index (χ0) is 12.6. The van der Waals surface area contributed by atoms with Crippen LogP contribution >= 0.6 is 0 Å². The Morgan fingerprint density at radius 3 is 2.39 bits per heavy atom. The highest BCUT2D eigenvalue weighted by atomic mass is 16.7. The number of benzene rings is 1. The van der Waals surface area contributed by atoms with Crippen LogP contribution in [0.1, 0.15) is 0 Å². The van der Waals surface area contributed by atoms with Gasteiger partial charge in [-0.2, -0.15) is 0 Å². The molecule has 1 aliphatic heterocycles. The van der Waals surface area contributed by atoms with Crippen LogP contribution in [0.25, 0.3) is 0 Å². The van der Waals surface area contributed by atoms with Gasteiger partial charge in [0.2, 0.25) is 0 Å². The van der Waals surface area contributed by atoms with Crippen LogP contribution in [0.4, 0.5) is 0 Å². The van der Waals surface area contributed by atoms with Crippen molar-refractivity contribution in [2.24, 2.45) is 0 Å². The fourth-order valence-electron chi connectivity index (χ4n) is 1.30. The van der Waals surface area contributed by atoms with Crippen LogP contribution in [0, 0.1) is 0 Å². The zero-order valence-electron chi connectivity index (χ0n) is 10.5. The fourth-order valence-corrected chi connectivity index (χ4v) is 1.30. The predicted octanol–water partition coefficient (Wildman–Crippen LogP) is 1.46. The van der Waals surface area contributed by atoms with E-state index in [1.54, 1.807) is 7.11 Å². The van der Waals surface area contributed by atoms with E-state index in [1.807, 2.05) is 24.3 Å². The van der Waals surface area contributed by atoms with Crippen LogP contribution in [0.5, 0.6) is 11.5 Å². The molecule has 1 aromatic carbocycles. The molecule has 18 heavy (non-hydrogen) atoms. The molecule has 100 valence electrons. The Kier molecular flexibility index (Phi) is 5.26. The van der Waals surface area contributed by atoms with Crippen LogP contribution in [-0.4, -0.2) is 46.4 Å². The lowest BCUT2D eigenvalue weighted by atomic mass is 10.3. The molecule has 0 bridgehead atoms. The van der Waals surface area contributed by atoms with Gasteiger partial charge in [-0.05, 0) is 24.3 Å². The molecule has 5 nitrogen and oxygen atoms in total. The monoisotopic (exact) mass is 254 g/mol. The minimum atomic E-state index is 0.222. The number of rotatable bonds is 9. The van der Waals surface area contributed by atoms with Gasteiger partial charge in [-0.3, -0.25) is 0 Å². The number of methoxy groups -OCH3 is 1. The molecule has 1 heterocycles. The lowest BCUT2D eigenvalue weighted by Gasteiger charge is -2.08. The van der Waals surface area contributed by atoms with E-state index in [2.05, 4.69) is 0 Å². The molecule has 0 aromatic heterocycles. The summed E-state index contributed by atoms with van der Waals surface area (Å²) < 4.78 is 26.0. The van der Waals surface area contributed by atoms with Gasteiger partial charge in [0.25, 0.3) is 0 Å². The molecule has 0 unspecified atom stereocenters. The summed E-state index contributed by atoms with van der Waals surface area (Å²) in [5.41, 5.74) is 0. The van der Waals surface area contributed by atoms with Gasteiger partial charge in [0, 0.05) is 7.11 Å². The van der Waals surface area contributed by atoms with E-state index in [4.69, 9.17) is 23.7 Å². The van der Waals surface area contributed by atoms with Crippen molar-refractivity contribution in [2.45, 2.75) is 6.10 Å². The maximum atomic E-state index is 5.51. The summed E-state index contributed by atoms with van der Waals surface area (Å²) in [5.74, 6) is 1.57. The normalized spacial score (nSPS) is 17.5. The first-order chi connectivity index (χ1) is 8.88. The highest BCUT2D eigenvalue weighted by molar-refractivity contribution is 5.31. The molecule has 0 saturated carbocycles. The second kappa shape index (κ2) is 7.20. The minimum absolute atomic E-state index is 0.222. The van der Waals surface area contributed by atoms with Crippen LogP contribution in [-0.2, 0) is 14.2 Å². The molecule has 1 saturated heterocycles. The molecule has 5 heteroatoms. The third kappa shape index (κ3) is 4.91. The summed E-state index contributed by atoms with van der Waals surface area (Å²) in [5, 5.41) is 0. The standard InChI is InChI=1S/C13H18O5/c1-14-6-7-15-10-18-12-4-2-11(3-5-12)16-8-13-9-17-13/h2-5,13H,6-10H2,1H3/t13-/m1/s1. The van der Waals surface area contributed by atoms with E-state index < -0.39 is 0 Å². The van der Waals surface area contributed by atoms with Crippen molar-refractivity contribution in [3.63, 3.8) is 0 Å². The van der Waals surface area contributed by atoms with Crippen LogP contribution in [0.15, 0.2) is 24.3 Å².